The topological polar surface area (TPSA) is 112 Å². The van der Waals surface area contributed by atoms with E-state index in [9.17, 15) is 22.8 Å². The smallest absolute Gasteiger partial charge is 0.416 e. The van der Waals surface area contributed by atoms with Gasteiger partial charge in [-0.15, -0.1) is 0 Å². The fourth-order valence-electron chi connectivity index (χ4n) is 4.24. The highest BCUT2D eigenvalue weighted by atomic mass is 19.4. The lowest BCUT2D eigenvalue weighted by Gasteiger charge is -2.28. The lowest BCUT2D eigenvalue weighted by atomic mass is 9.82. The lowest BCUT2D eigenvalue weighted by molar-refractivity contribution is -0.147. The maximum Gasteiger partial charge on any atom is 0.416 e. The molecule has 170 valence electrons. The number of nitrogens with one attached hydrogen (secondary N) is 1. The number of carbonyl (C=O) groups is 2. The number of nitrogens with two attached hydrogens (primary N) is 1. The van der Waals surface area contributed by atoms with E-state index in [1.165, 1.54) is 6.20 Å². The number of nitrogens with zero attached hydrogens (tertiary/aromatic N) is 3. The van der Waals surface area contributed by atoms with Gasteiger partial charge in [-0.3, -0.25) is 4.79 Å². The molecule has 1 aromatic heterocycles. The molecule has 12 heteroatoms. The number of hydrogen-bond donors (Lipinski definition) is 2. The first-order chi connectivity index (χ1) is 15.1. The summed E-state index contributed by atoms with van der Waals surface area (Å²) < 4.78 is 52.5. The molecular weight excluding hydrogens is 431 g/mol. The second kappa shape index (κ2) is 7.04. The molecule has 1 aromatic carbocycles. The zero-order valence-corrected chi connectivity index (χ0v) is 17.0. The van der Waals surface area contributed by atoms with Crippen LogP contribution in [0, 0.1) is 0 Å². The third kappa shape index (κ3) is 3.12. The van der Waals surface area contributed by atoms with Crippen LogP contribution in [0.15, 0.2) is 12.3 Å². The number of hydrogen-bond acceptors (Lipinski definition) is 6. The summed E-state index contributed by atoms with van der Waals surface area (Å²) in [7, 11) is 0. The number of cyclic esters (lactones) is 1. The second-order valence-corrected chi connectivity index (χ2v) is 7.99. The number of rotatable bonds is 4. The average Bonchev–Trinajstić information content (AvgIpc) is 3.22. The average molecular weight is 451 g/mol. The Bertz CT molecular complexity index is 1130. The van der Waals surface area contributed by atoms with Crippen molar-refractivity contribution >= 4 is 23.5 Å². The van der Waals surface area contributed by atoms with E-state index < -0.39 is 36.9 Å². The summed E-state index contributed by atoms with van der Waals surface area (Å²) >= 11 is 0. The normalized spacial score (nSPS) is 20.2. The van der Waals surface area contributed by atoms with Crippen molar-refractivity contribution in [1.29, 1.82) is 0 Å². The number of amides is 2. The van der Waals surface area contributed by atoms with Crippen LogP contribution in [0.1, 0.15) is 18.1 Å². The van der Waals surface area contributed by atoms with E-state index in [2.05, 4.69) is 15.0 Å². The number of ether oxygens (including phenoxy) is 2. The van der Waals surface area contributed by atoms with Crippen LogP contribution >= 0.6 is 0 Å². The molecule has 0 spiro atoms. The summed E-state index contributed by atoms with van der Waals surface area (Å²) in [5, 5.41) is 3.10. The van der Waals surface area contributed by atoms with E-state index in [0.29, 0.717) is 28.6 Å². The molecule has 2 aromatic rings. The molecule has 1 aliphatic carbocycles. The summed E-state index contributed by atoms with van der Waals surface area (Å²) in [5.74, 6) is 0.328. The molecule has 9 nitrogen and oxygen atoms in total. The summed E-state index contributed by atoms with van der Waals surface area (Å²) in [6, 6.07) is -0.911. The standard InChI is InChI=1S/C20H20F3N5O4/c1-9(17(24)29)25-12-6-13-16(11-3-2-10(11)12)18-26-15(7-27(18)4-5-31-13)28-14(20(21,22)23)8-32-19(28)30/h6-7,9,14,25H,2-5,8H2,1H3,(H2,24,29)/t9-,14-/m0/s1. The van der Waals surface area contributed by atoms with Gasteiger partial charge in [0.2, 0.25) is 5.91 Å². The Labute approximate surface area is 180 Å². The minimum atomic E-state index is -4.64. The van der Waals surface area contributed by atoms with E-state index in [1.807, 2.05) is 0 Å². The van der Waals surface area contributed by atoms with Gasteiger partial charge in [0.05, 0.1) is 12.1 Å². The van der Waals surface area contributed by atoms with E-state index in [0.717, 1.165) is 29.7 Å². The predicted octanol–water partition coefficient (Wildman–Crippen LogP) is 2.21. The Hall–Kier alpha value is -3.44. The molecule has 3 aliphatic rings. The highest BCUT2D eigenvalue weighted by Crippen LogP contribution is 2.46. The van der Waals surface area contributed by atoms with Gasteiger partial charge in [0.1, 0.15) is 30.8 Å². The van der Waals surface area contributed by atoms with Crippen LogP contribution in [-0.2, 0) is 28.9 Å². The summed E-state index contributed by atoms with van der Waals surface area (Å²) in [6.45, 7) is 1.48. The van der Waals surface area contributed by atoms with Crippen molar-refractivity contribution < 1.29 is 32.2 Å². The SMILES string of the molecule is C[C@H](Nc1cc2c(c3c1CC3)-c1nc(N3C(=O)OC[C@H]3C(F)(F)F)cn1CCO2)C(N)=O. The molecule has 0 radical (unpaired) electrons. The van der Waals surface area contributed by atoms with Gasteiger partial charge < -0.3 is 25.1 Å². The van der Waals surface area contributed by atoms with Crippen LogP contribution in [0.3, 0.4) is 0 Å². The van der Waals surface area contributed by atoms with Crippen LogP contribution in [0.2, 0.25) is 0 Å². The lowest BCUT2D eigenvalue weighted by Crippen LogP contribution is -2.44. The molecule has 1 fully saturated rings. The molecule has 32 heavy (non-hydrogen) atoms. The largest absolute Gasteiger partial charge is 0.491 e. The first-order valence-corrected chi connectivity index (χ1v) is 10.1. The van der Waals surface area contributed by atoms with Crippen molar-refractivity contribution in [2.75, 3.05) is 23.4 Å². The number of aromatic nitrogens is 2. The van der Waals surface area contributed by atoms with Gasteiger partial charge in [0, 0.05) is 18.0 Å². The summed E-state index contributed by atoms with van der Waals surface area (Å²) in [6.07, 6.45) is -2.81. The minimum Gasteiger partial charge on any atom is -0.491 e. The molecule has 0 bridgehead atoms. The quantitative estimate of drug-likeness (QED) is 0.738. The monoisotopic (exact) mass is 451 g/mol. The number of anilines is 2. The van der Waals surface area contributed by atoms with Crippen LogP contribution < -0.4 is 20.7 Å². The van der Waals surface area contributed by atoms with Crippen LogP contribution in [-0.4, -0.2) is 53.0 Å². The maximum absolute atomic E-state index is 13.4. The third-order valence-electron chi connectivity index (χ3n) is 6.01. The van der Waals surface area contributed by atoms with Crippen molar-refractivity contribution in [3.05, 3.63) is 23.4 Å². The molecular formula is C20H20F3N5O4. The molecule has 2 atom stereocenters. The molecule has 2 aliphatic heterocycles. The fourth-order valence-corrected chi connectivity index (χ4v) is 4.24. The highest BCUT2D eigenvalue weighted by molar-refractivity contribution is 5.90. The molecule has 0 unspecified atom stereocenters. The third-order valence-corrected chi connectivity index (χ3v) is 6.01. The Kier molecular flexibility index (Phi) is 4.50. The van der Waals surface area contributed by atoms with E-state index in [1.54, 1.807) is 17.6 Å². The summed E-state index contributed by atoms with van der Waals surface area (Å²) in [4.78, 5) is 28.5. The van der Waals surface area contributed by atoms with Gasteiger partial charge in [-0.05, 0) is 30.9 Å². The number of primary amides is 1. The number of halogens is 3. The zero-order chi connectivity index (χ0) is 22.8. The molecule has 0 saturated carbocycles. The number of benzene rings is 1. The predicted molar refractivity (Wildman–Crippen MR) is 107 cm³/mol. The van der Waals surface area contributed by atoms with Crippen molar-refractivity contribution in [3.63, 3.8) is 0 Å². The Morgan fingerprint density at radius 2 is 2.06 bits per heavy atom. The number of imidazole rings is 1. The summed E-state index contributed by atoms with van der Waals surface area (Å²) in [5.41, 5.74) is 8.70. The number of alkyl halides is 3. The maximum atomic E-state index is 13.4. The Morgan fingerprint density at radius 3 is 2.72 bits per heavy atom. The Morgan fingerprint density at radius 1 is 1.31 bits per heavy atom. The van der Waals surface area contributed by atoms with E-state index in [-0.39, 0.29) is 12.4 Å². The molecule has 3 heterocycles. The number of carbonyl (C=O) groups excluding carboxylic acids is 2. The number of fused-ring (bicyclic) bond motifs is 5. The van der Waals surface area contributed by atoms with Crippen LogP contribution in [0.5, 0.6) is 5.75 Å². The van der Waals surface area contributed by atoms with E-state index >= 15 is 0 Å². The van der Waals surface area contributed by atoms with Gasteiger partial charge in [0.25, 0.3) is 0 Å². The second-order valence-electron chi connectivity index (χ2n) is 7.99. The van der Waals surface area contributed by atoms with Gasteiger partial charge in [-0.25, -0.2) is 14.7 Å². The Balaban J connectivity index is 1.58. The van der Waals surface area contributed by atoms with Gasteiger partial charge in [0.15, 0.2) is 11.9 Å². The first kappa shape index (κ1) is 20.5. The van der Waals surface area contributed by atoms with Gasteiger partial charge in [-0.2, -0.15) is 13.2 Å². The van der Waals surface area contributed by atoms with Crippen LogP contribution in [0.25, 0.3) is 11.4 Å². The van der Waals surface area contributed by atoms with Crippen molar-refractivity contribution in [3.8, 4) is 17.1 Å². The minimum absolute atomic E-state index is 0.115. The first-order valence-electron chi connectivity index (χ1n) is 10.1. The van der Waals surface area contributed by atoms with E-state index in [4.69, 9.17) is 10.5 Å². The molecule has 5 rings (SSSR count). The van der Waals surface area contributed by atoms with Gasteiger partial charge in [-0.1, -0.05) is 0 Å². The fraction of sp³-hybridized carbons (Fsp3) is 0.450. The van der Waals surface area contributed by atoms with Crippen molar-refractivity contribution in [1.82, 2.24) is 9.55 Å². The highest BCUT2D eigenvalue weighted by Gasteiger charge is 2.52. The van der Waals surface area contributed by atoms with Crippen molar-refractivity contribution in [2.24, 2.45) is 5.73 Å². The molecule has 3 N–H and O–H groups in total. The van der Waals surface area contributed by atoms with Crippen LogP contribution in [0.4, 0.5) is 29.5 Å². The van der Waals surface area contributed by atoms with Gasteiger partial charge >= 0.3 is 12.3 Å². The molecule has 2 amide bonds. The molecule has 1 saturated heterocycles. The zero-order valence-electron chi connectivity index (χ0n) is 17.0. The van der Waals surface area contributed by atoms with Crippen molar-refractivity contribution in [2.45, 2.75) is 44.6 Å².